The molecule has 178 valence electrons. The third kappa shape index (κ3) is 5.57. The van der Waals surface area contributed by atoms with Gasteiger partial charge in [-0.3, -0.25) is 0 Å². The quantitative estimate of drug-likeness (QED) is 0.484. The summed E-state index contributed by atoms with van der Waals surface area (Å²) in [5.41, 5.74) is -0.387. The van der Waals surface area contributed by atoms with Crippen molar-refractivity contribution >= 4 is 11.4 Å². The van der Waals surface area contributed by atoms with Crippen molar-refractivity contribution in [2.45, 2.75) is 64.4 Å². The summed E-state index contributed by atoms with van der Waals surface area (Å²) in [4.78, 5) is 12.0. The van der Waals surface area contributed by atoms with Crippen LogP contribution < -0.4 is 4.72 Å². The van der Waals surface area contributed by atoms with Gasteiger partial charge in [0.15, 0.2) is 11.7 Å². The van der Waals surface area contributed by atoms with Gasteiger partial charge in [-0.15, -0.1) is 4.72 Å². The second-order valence-corrected chi connectivity index (χ2v) is 11.1. The van der Waals surface area contributed by atoms with E-state index in [9.17, 15) is 14.0 Å². The van der Waals surface area contributed by atoms with Crippen LogP contribution in [0, 0.1) is 25.5 Å². The zero-order chi connectivity index (χ0) is 24.6. The molecule has 0 unspecified atom stereocenters. The van der Waals surface area contributed by atoms with Gasteiger partial charge >= 0.3 is 0 Å². The zero-order valence-corrected chi connectivity index (χ0v) is 20.3. The normalized spacial score (nSPS) is 15.8. The number of hydrogen-bond acceptors (Lipinski definition) is 7. The SMILES string of the molecule is Cc1nc(C)c([C@H](O)C[C@](C)(N[S@+]([O-])C(C)(C)C)c2cc(-c3cncnc3)c(F)cc2F)o1. The molecule has 2 aromatic heterocycles. The lowest BCUT2D eigenvalue weighted by Crippen LogP contribution is -2.51. The number of nitrogens with one attached hydrogen (secondary N) is 1. The minimum Gasteiger partial charge on any atom is -0.598 e. The average Bonchev–Trinajstić information content (AvgIpc) is 3.06. The standard InChI is InChI=1S/C23H28F2N4O3S/c1-13-21(32-14(2)28-13)20(30)9-23(6,29-33(31)22(3,4)5)17-7-16(18(24)8-19(17)25)15-10-26-12-27-11-15/h7-8,10-12,20,29-30H,9H2,1-6H3/t20-,23+,33-/m1/s1. The van der Waals surface area contributed by atoms with E-state index < -0.39 is 39.4 Å². The van der Waals surface area contributed by atoms with Crippen LogP contribution in [0.15, 0.2) is 35.3 Å². The van der Waals surface area contributed by atoms with Crippen LogP contribution in [0.4, 0.5) is 8.78 Å². The first-order valence-corrected chi connectivity index (χ1v) is 11.5. The van der Waals surface area contributed by atoms with E-state index in [1.54, 1.807) is 41.5 Å². The van der Waals surface area contributed by atoms with E-state index in [2.05, 4.69) is 19.7 Å². The molecular formula is C23H28F2N4O3S. The lowest BCUT2D eigenvalue weighted by molar-refractivity contribution is 0.106. The van der Waals surface area contributed by atoms with Crippen LogP contribution in [0.1, 0.15) is 63.1 Å². The molecule has 10 heteroatoms. The van der Waals surface area contributed by atoms with Gasteiger partial charge in [-0.25, -0.2) is 23.7 Å². The van der Waals surface area contributed by atoms with Crippen molar-refractivity contribution in [1.82, 2.24) is 19.7 Å². The van der Waals surface area contributed by atoms with Crippen molar-refractivity contribution in [3.63, 3.8) is 0 Å². The maximum Gasteiger partial charge on any atom is 0.191 e. The molecule has 0 saturated carbocycles. The Bertz CT molecular complexity index is 1120. The summed E-state index contributed by atoms with van der Waals surface area (Å²) in [7, 11) is 0. The predicted molar refractivity (Wildman–Crippen MR) is 121 cm³/mol. The van der Waals surface area contributed by atoms with Crippen molar-refractivity contribution in [3.8, 4) is 11.1 Å². The molecule has 3 rings (SSSR count). The fraction of sp³-hybridized carbons (Fsp3) is 0.435. The van der Waals surface area contributed by atoms with Crippen molar-refractivity contribution in [2.24, 2.45) is 0 Å². The lowest BCUT2D eigenvalue weighted by atomic mass is 9.84. The third-order valence-electron chi connectivity index (χ3n) is 5.24. The number of aliphatic hydroxyl groups is 1. The smallest absolute Gasteiger partial charge is 0.191 e. The number of aliphatic hydroxyl groups excluding tert-OH is 1. The molecule has 0 spiro atoms. The van der Waals surface area contributed by atoms with Crippen LogP contribution in [0.2, 0.25) is 0 Å². The summed E-state index contributed by atoms with van der Waals surface area (Å²) < 4.78 is 50.8. The highest BCUT2D eigenvalue weighted by atomic mass is 32.2. The monoisotopic (exact) mass is 478 g/mol. The minimum atomic E-state index is -1.64. The summed E-state index contributed by atoms with van der Waals surface area (Å²) in [5.74, 6) is -1.01. The average molecular weight is 479 g/mol. The van der Waals surface area contributed by atoms with E-state index in [1.807, 2.05) is 0 Å². The van der Waals surface area contributed by atoms with Crippen molar-refractivity contribution in [1.29, 1.82) is 0 Å². The van der Waals surface area contributed by atoms with E-state index in [1.165, 1.54) is 24.8 Å². The highest BCUT2D eigenvalue weighted by Crippen LogP contribution is 2.38. The van der Waals surface area contributed by atoms with E-state index in [-0.39, 0.29) is 23.3 Å². The summed E-state index contributed by atoms with van der Waals surface area (Å²) in [6.45, 7) is 10.3. The molecule has 1 aromatic carbocycles. The summed E-state index contributed by atoms with van der Waals surface area (Å²) in [5, 5.41) is 11.0. The van der Waals surface area contributed by atoms with Crippen LogP contribution in [0.25, 0.3) is 11.1 Å². The second kappa shape index (κ2) is 9.46. The van der Waals surface area contributed by atoms with Crippen LogP contribution in [0.5, 0.6) is 0 Å². The molecule has 3 atom stereocenters. The van der Waals surface area contributed by atoms with Gasteiger partial charge in [-0.1, -0.05) is 0 Å². The maximum atomic E-state index is 15.2. The molecule has 7 nitrogen and oxygen atoms in total. The first kappa shape index (κ1) is 25.2. The summed E-state index contributed by atoms with van der Waals surface area (Å²) in [6, 6.07) is 2.11. The predicted octanol–water partition coefficient (Wildman–Crippen LogP) is 4.42. The highest BCUT2D eigenvalue weighted by Gasteiger charge is 2.41. The Morgan fingerprint density at radius 2 is 1.76 bits per heavy atom. The first-order chi connectivity index (χ1) is 15.3. The van der Waals surface area contributed by atoms with Crippen molar-refractivity contribution in [2.75, 3.05) is 0 Å². The van der Waals surface area contributed by atoms with Crippen molar-refractivity contribution in [3.05, 3.63) is 65.4 Å². The van der Waals surface area contributed by atoms with E-state index in [0.717, 1.165) is 6.07 Å². The Morgan fingerprint density at radius 1 is 1.12 bits per heavy atom. The molecule has 0 fully saturated rings. The molecule has 0 radical (unpaired) electrons. The number of rotatable bonds is 7. The number of aryl methyl sites for hydroxylation is 2. The second-order valence-electron chi connectivity index (χ2n) is 9.16. The van der Waals surface area contributed by atoms with E-state index >= 15 is 4.39 Å². The van der Waals surface area contributed by atoms with Gasteiger partial charge in [0.1, 0.15) is 28.8 Å². The maximum absolute atomic E-state index is 15.2. The van der Waals surface area contributed by atoms with Crippen LogP contribution in [-0.2, 0) is 16.9 Å². The highest BCUT2D eigenvalue weighted by molar-refractivity contribution is 7.90. The van der Waals surface area contributed by atoms with E-state index in [4.69, 9.17) is 4.42 Å². The van der Waals surface area contributed by atoms with Crippen LogP contribution in [0.3, 0.4) is 0 Å². The zero-order valence-electron chi connectivity index (χ0n) is 19.4. The summed E-state index contributed by atoms with van der Waals surface area (Å²) >= 11 is -1.64. The molecule has 0 aliphatic rings. The fourth-order valence-corrected chi connectivity index (χ4v) is 4.44. The fourth-order valence-electron chi connectivity index (χ4n) is 3.53. The Kier molecular flexibility index (Phi) is 7.23. The van der Waals surface area contributed by atoms with Gasteiger partial charge in [0.2, 0.25) is 0 Å². The van der Waals surface area contributed by atoms with Crippen LogP contribution >= 0.6 is 0 Å². The van der Waals surface area contributed by atoms with Crippen molar-refractivity contribution < 1.29 is 22.9 Å². The van der Waals surface area contributed by atoms with E-state index in [0.29, 0.717) is 17.1 Å². The molecule has 3 aromatic rings. The van der Waals surface area contributed by atoms with Gasteiger partial charge in [-0.2, -0.15) is 0 Å². The Balaban J connectivity index is 2.12. The molecule has 33 heavy (non-hydrogen) atoms. The molecule has 2 N–H and O–H groups in total. The lowest BCUT2D eigenvalue weighted by Gasteiger charge is -2.36. The number of aromatic nitrogens is 3. The van der Waals surface area contributed by atoms with Crippen LogP contribution in [-0.4, -0.2) is 29.4 Å². The Morgan fingerprint density at radius 3 is 2.30 bits per heavy atom. The summed E-state index contributed by atoms with van der Waals surface area (Å²) in [6.07, 6.45) is 2.84. The molecule has 2 heterocycles. The third-order valence-corrected chi connectivity index (χ3v) is 6.99. The van der Waals surface area contributed by atoms with Gasteiger partial charge < -0.3 is 14.1 Å². The van der Waals surface area contributed by atoms with Gasteiger partial charge in [0.25, 0.3) is 0 Å². The van der Waals surface area contributed by atoms with Gasteiger partial charge in [0, 0.05) is 59.9 Å². The molecule has 0 aliphatic heterocycles. The Hall–Kier alpha value is -2.40. The molecular weight excluding hydrogens is 450 g/mol. The molecule has 0 aliphatic carbocycles. The molecule has 0 saturated heterocycles. The number of halogens is 2. The largest absolute Gasteiger partial charge is 0.598 e. The number of benzene rings is 1. The Labute approximate surface area is 195 Å². The molecule has 0 bridgehead atoms. The van der Waals surface area contributed by atoms with Gasteiger partial charge in [-0.05, 0) is 40.7 Å². The number of hydrogen-bond donors (Lipinski definition) is 2. The molecule has 0 amide bonds. The van der Waals surface area contributed by atoms with Gasteiger partial charge in [0.05, 0.1) is 11.2 Å². The topological polar surface area (TPSA) is 107 Å². The number of oxazole rings is 1. The minimum absolute atomic E-state index is 0.0355. The first-order valence-electron chi connectivity index (χ1n) is 10.4. The number of nitrogens with zero attached hydrogens (tertiary/aromatic N) is 3.